The number of hydrogen-bond acceptors (Lipinski definition) is 6. The molecular weight excluding hydrogens is 310 g/mol. The number of benzene rings is 1. The van der Waals surface area contributed by atoms with E-state index in [0.29, 0.717) is 17.3 Å². The number of anilines is 1. The monoisotopic (exact) mass is 325 g/mol. The summed E-state index contributed by atoms with van der Waals surface area (Å²) >= 11 is 0. The van der Waals surface area contributed by atoms with Gasteiger partial charge in [0.15, 0.2) is 0 Å². The number of methoxy groups -OCH3 is 1. The van der Waals surface area contributed by atoms with E-state index in [9.17, 15) is 4.79 Å². The number of carbonyl (C=O) groups excluding carboxylic acids is 1. The average Bonchev–Trinajstić information content (AvgIpc) is 2.99. The first-order valence-corrected chi connectivity index (χ1v) is 7.11. The molecule has 2 aromatic heterocycles. The molecule has 0 spiro atoms. The van der Waals surface area contributed by atoms with Gasteiger partial charge < -0.3 is 14.8 Å². The van der Waals surface area contributed by atoms with Gasteiger partial charge >= 0.3 is 6.01 Å². The van der Waals surface area contributed by atoms with Gasteiger partial charge in [-0.15, -0.1) is 5.10 Å². The maximum absolute atomic E-state index is 12.1. The van der Waals surface area contributed by atoms with Crippen molar-refractivity contribution < 1.29 is 14.3 Å². The Labute approximate surface area is 138 Å². The van der Waals surface area contributed by atoms with Crippen LogP contribution < -0.4 is 14.8 Å². The van der Waals surface area contributed by atoms with Crippen LogP contribution in [-0.2, 0) is 7.05 Å². The van der Waals surface area contributed by atoms with Crippen molar-refractivity contribution in [2.75, 3.05) is 12.4 Å². The molecule has 122 valence electrons. The summed E-state index contributed by atoms with van der Waals surface area (Å²) in [5, 5.41) is 6.64. The van der Waals surface area contributed by atoms with Gasteiger partial charge in [0, 0.05) is 13.1 Å². The first kappa shape index (κ1) is 15.5. The number of carbonyl (C=O) groups is 1. The first-order valence-electron chi connectivity index (χ1n) is 7.11. The van der Waals surface area contributed by atoms with Crippen LogP contribution in [0.5, 0.6) is 17.6 Å². The number of nitrogens with one attached hydrogen (secondary N) is 1. The lowest BCUT2D eigenvalue weighted by Gasteiger charge is -2.06. The molecule has 3 aromatic rings. The summed E-state index contributed by atoms with van der Waals surface area (Å²) < 4.78 is 11.9. The molecule has 0 aliphatic heterocycles. The molecule has 24 heavy (non-hydrogen) atoms. The van der Waals surface area contributed by atoms with E-state index in [-0.39, 0.29) is 11.8 Å². The normalized spacial score (nSPS) is 10.2. The van der Waals surface area contributed by atoms with E-state index in [2.05, 4.69) is 20.4 Å². The average molecular weight is 325 g/mol. The number of para-hydroxylation sites is 1. The number of aromatic nitrogens is 4. The summed E-state index contributed by atoms with van der Waals surface area (Å²) in [5.41, 5.74) is 0.506. The Hall–Kier alpha value is -3.42. The van der Waals surface area contributed by atoms with Gasteiger partial charge in [-0.2, -0.15) is 4.98 Å². The van der Waals surface area contributed by atoms with Crippen LogP contribution in [0.4, 0.5) is 5.69 Å². The Balaban J connectivity index is 1.66. The van der Waals surface area contributed by atoms with E-state index in [1.165, 1.54) is 18.0 Å². The number of hydrogen-bond donors (Lipinski definition) is 1. The van der Waals surface area contributed by atoms with Crippen molar-refractivity contribution in [1.82, 2.24) is 19.7 Å². The van der Waals surface area contributed by atoms with Crippen LogP contribution in [0.2, 0.25) is 0 Å². The topological polar surface area (TPSA) is 91.2 Å². The van der Waals surface area contributed by atoms with Crippen molar-refractivity contribution >= 4 is 11.6 Å². The largest absolute Gasteiger partial charge is 0.467 e. The summed E-state index contributed by atoms with van der Waals surface area (Å²) in [7, 11) is 3.10. The minimum absolute atomic E-state index is 0.0129. The van der Waals surface area contributed by atoms with E-state index in [1.54, 1.807) is 19.2 Å². The van der Waals surface area contributed by atoms with Gasteiger partial charge in [-0.1, -0.05) is 18.2 Å². The Morgan fingerprint density at radius 3 is 2.58 bits per heavy atom. The highest BCUT2D eigenvalue weighted by atomic mass is 16.5. The summed E-state index contributed by atoms with van der Waals surface area (Å²) in [4.78, 5) is 20.2. The maximum atomic E-state index is 12.1. The van der Waals surface area contributed by atoms with Crippen molar-refractivity contribution in [1.29, 1.82) is 0 Å². The quantitative estimate of drug-likeness (QED) is 0.774. The van der Waals surface area contributed by atoms with Crippen molar-refractivity contribution in [3.8, 4) is 17.6 Å². The Morgan fingerprint density at radius 2 is 1.96 bits per heavy atom. The van der Waals surface area contributed by atoms with Crippen LogP contribution in [-0.4, -0.2) is 32.8 Å². The Bertz CT molecular complexity index is 831. The molecule has 2 heterocycles. The van der Waals surface area contributed by atoms with Crippen LogP contribution in [0.15, 0.2) is 48.7 Å². The van der Waals surface area contributed by atoms with Gasteiger partial charge in [0.2, 0.25) is 11.7 Å². The van der Waals surface area contributed by atoms with Gasteiger partial charge in [0.25, 0.3) is 5.91 Å². The van der Waals surface area contributed by atoms with E-state index in [0.717, 1.165) is 0 Å². The zero-order valence-electron chi connectivity index (χ0n) is 13.1. The number of ether oxygens (including phenoxy) is 2. The highest BCUT2D eigenvalue weighted by molar-refractivity contribution is 6.01. The van der Waals surface area contributed by atoms with Crippen LogP contribution in [0.3, 0.4) is 0 Å². The summed E-state index contributed by atoms with van der Waals surface area (Å²) in [6, 6.07) is 12.9. The molecule has 0 aliphatic rings. The molecular formula is C16H15N5O3. The second-order valence-electron chi connectivity index (χ2n) is 4.80. The smallest absolute Gasteiger partial charge is 0.314 e. The molecule has 8 nitrogen and oxygen atoms in total. The fourth-order valence-corrected chi connectivity index (χ4v) is 1.96. The second-order valence-corrected chi connectivity index (χ2v) is 4.80. The zero-order valence-corrected chi connectivity index (χ0v) is 13.1. The molecule has 0 fully saturated rings. The molecule has 3 rings (SSSR count). The molecule has 0 saturated carbocycles. The highest BCUT2D eigenvalue weighted by Crippen LogP contribution is 2.20. The molecule has 1 amide bonds. The van der Waals surface area contributed by atoms with Gasteiger partial charge in [0.1, 0.15) is 5.75 Å². The van der Waals surface area contributed by atoms with Gasteiger partial charge in [0.05, 0.1) is 19.0 Å². The molecule has 0 saturated heterocycles. The van der Waals surface area contributed by atoms with Crippen molar-refractivity contribution in [2.24, 2.45) is 7.05 Å². The minimum atomic E-state index is -0.451. The highest BCUT2D eigenvalue weighted by Gasteiger charge is 2.15. The molecule has 0 unspecified atom stereocenters. The van der Waals surface area contributed by atoms with Gasteiger partial charge in [-0.25, -0.2) is 9.67 Å². The lowest BCUT2D eigenvalue weighted by atomic mass is 10.3. The third kappa shape index (κ3) is 3.49. The van der Waals surface area contributed by atoms with Gasteiger partial charge in [-0.05, 0) is 18.2 Å². The fraction of sp³-hybridized carbons (Fsp3) is 0.125. The molecule has 1 N–H and O–H groups in total. The van der Waals surface area contributed by atoms with Gasteiger partial charge in [-0.3, -0.25) is 4.79 Å². The standard InChI is InChI=1S/C16H15N5O3/c1-21-16(23-2)19-14(20-21)15(22)18-11-8-9-13(17-10-11)24-12-6-4-3-5-7-12/h3-10H,1-2H3,(H,18,22). The lowest BCUT2D eigenvalue weighted by Crippen LogP contribution is -2.14. The van der Waals surface area contributed by atoms with Crippen molar-refractivity contribution in [3.63, 3.8) is 0 Å². The van der Waals surface area contributed by atoms with Crippen LogP contribution in [0.25, 0.3) is 0 Å². The molecule has 0 bridgehead atoms. The number of amides is 1. The van der Waals surface area contributed by atoms with Crippen LogP contribution in [0, 0.1) is 0 Å². The zero-order chi connectivity index (χ0) is 16.9. The van der Waals surface area contributed by atoms with Crippen molar-refractivity contribution in [2.45, 2.75) is 0 Å². The van der Waals surface area contributed by atoms with E-state index >= 15 is 0 Å². The van der Waals surface area contributed by atoms with E-state index in [1.807, 2.05) is 30.3 Å². The summed E-state index contributed by atoms with van der Waals surface area (Å²) in [6.45, 7) is 0. The minimum Gasteiger partial charge on any atom is -0.467 e. The predicted molar refractivity (Wildman–Crippen MR) is 86.3 cm³/mol. The Morgan fingerprint density at radius 1 is 1.17 bits per heavy atom. The maximum Gasteiger partial charge on any atom is 0.314 e. The Kier molecular flexibility index (Phi) is 4.37. The predicted octanol–water partition coefficient (Wildman–Crippen LogP) is 2.26. The number of aryl methyl sites for hydroxylation is 1. The van der Waals surface area contributed by atoms with E-state index in [4.69, 9.17) is 9.47 Å². The molecule has 8 heteroatoms. The number of pyridine rings is 1. The van der Waals surface area contributed by atoms with Crippen LogP contribution >= 0.6 is 0 Å². The second kappa shape index (κ2) is 6.78. The van der Waals surface area contributed by atoms with Crippen molar-refractivity contribution in [3.05, 3.63) is 54.5 Å². The third-order valence-electron chi connectivity index (χ3n) is 3.07. The number of nitrogens with zero attached hydrogens (tertiary/aromatic N) is 4. The lowest BCUT2D eigenvalue weighted by molar-refractivity contribution is 0.101. The van der Waals surface area contributed by atoms with Crippen LogP contribution in [0.1, 0.15) is 10.6 Å². The summed E-state index contributed by atoms with van der Waals surface area (Å²) in [6.07, 6.45) is 1.50. The summed E-state index contributed by atoms with van der Waals surface area (Å²) in [5.74, 6) is 0.676. The molecule has 0 aliphatic carbocycles. The third-order valence-corrected chi connectivity index (χ3v) is 3.07. The number of rotatable bonds is 5. The molecule has 0 atom stereocenters. The SMILES string of the molecule is COc1nc(C(=O)Nc2ccc(Oc3ccccc3)nc2)nn1C. The molecule has 1 aromatic carbocycles. The first-order chi connectivity index (χ1) is 11.7. The fourth-order valence-electron chi connectivity index (χ4n) is 1.96. The molecule has 0 radical (unpaired) electrons. The van der Waals surface area contributed by atoms with E-state index < -0.39 is 5.91 Å².